The van der Waals surface area contributed by atoms with E-state index in [1.807, 2.05) is 37.3 Å². The largest absolute Gasteiger partial charge is 0.382 e. The summed E-state index contributed by atoms with van der Waals surface area (Å²) in [4.78, 5) is 16.2. The van der Waals surface area contributed by atoms with E-state index in [9.17, 15) is 4.79 Å². The monoisotopic (exact) mass is 243 g/mol. The number of pyridine rings is 1. The summed E-state index contributed by atoms with van der Waals surface area (Å²) in [6.07, 6.45) is 3.04. The van der Waals surface area contributed by atoms with Crippen LogP contribution in [0.1, 0.15) is 30.1 Å². The minimum Gasteiger partial charge on any atom is -0.382 e. The molecule has 1 heterocycles. The molecule has 0 bridgehead atoms. The van der Waals surface area contributed by atoms with Crippen molar-refractivity contribution in [2.75, 3.05) is 13.2 Å². The van der Waals surface area contributed by atoms with Gasteiger partial charge < -0.3 is 4.74 Å². The highest BCUT2D eigenvalue weighted by Crippen LogP contribution is 2.15. The molecule has 0 radical (unpaired) electrons. The van der Waals surface area contributed by atoms with Crippen LogP contribution in [0.5, 0.6) is 0 Å². The molecule has 2 aromatic rings. The first-order valence-corrected chi connectivity index (χ1v) is 6.27. The number of hydrogen-bond acceptors (Lipinski definition) is 3. The summed E-state index contributed by atoms with van der Waals surface area (Å²) in [6.45, 7) is 3.30. The second kappa shape index (κ2) is 6.26. The van der Waals surface area contributed by atoms with Gasteiger partial charge in [-0.25, -0.2) is 0 Å². The molecule has 3 nitrogen and oxygen atoms in total. The fraction of sp³-hybridized carbons (Fsp3) is 0.333. The van der Waals surface area contributed by atoms with Crippen LogP contribution in [0.15, 0.2) is 36.5 Å². The molecule has 0 aliphatic heterocycles. The molecule has 0 aliphatic rings. The third-order valence-corrected chi connectivity index (χ3v) is 2.82. The summed E-state index contributed by atoms with van der Waals surface area (Å²) in [5.41, 5.74) is 1.60. The zero-order valence-electron chi connectivity index (χ0n) is 10.6. The molecule has 94 valence electrons. The smallest absolute Gasteiger partial charge is 0.163 e. The molecule has 0 atom stereocenters. The van der Waals surface area contributed by atoms with Gasteiger partial charge in [-0.2, -0.15) is 0 Å². The van der Waals surface area contributed by atoms with Crippen molar-refractivity contribution in [1.29, 1.82) is 0 Å². The predicted molar refractivity (Wildman–Crippen MR) is 71.8 cm³/mol. The van der Waals surface area contributed by atoms with Crippen molar-refractivity contribution in [3.8, 4) is 0 Å². The highest BCUT2D eigenvalue weighted by molar-refractivity contribution is 5.99. The number of carbonyl (C=O) groups is 1. The van der Waals surface area contributed by atoms with Gasteiger partial charge in [0.25, 0.3) is 0 Å². The van der Waals surface area contributed by atoms with Crippen LogP contribution in [-0.2, 0) is 4.74 Å². The van der Waals surface area contributed by atoms with E-state index in [4.69, 9.17) is 4.74 Å². The number of ether oxygens (including phenoxy) is 1. The van der Waals surface area contributed by atoms with E-state index in [0.717, 1.165) is 22.9 Å². The van der Waals surface area contributed by atoms with E-state index in [1.54, 1.807) is 6.20 Å². The Hall–Kier alpha value is -1.74. The standard InChI is InChI=1S/C15H17NO2/c1-2-18-10-4-6-15(17)13-8-7-12-5-3-9-16-14(12)11-13/h3,5,7-9,11H,2,4,6,10H2,1H3. The molecule has 1 aromatic heterocycles. The number of rotatable bonds is 6. The topological polar surface area (TPSA) is 39.2 Å². The molecule has 0 fully saturated rings. The number of benzene rings is 1. The first-order valence-electron chi connectivity index (χ1n) is 6.27. The normalized spacial score (nSPS) is 10.7. The second-order valence-electron chi connectivity index (χ2n) is 4.13. The van der Waals surface area contributed by atoms with E-state index in [-0.39, 0.29) is 5.78 Å². The molecule has 2 rings (SSSR count). The fourth-order valence-electron chi connectivity index (χ4n) is 1.86. The minimum absolute atomic E-state index is 0.155. The molecule has 0 unspecified atom stereocenters. The zero-order chi connectivity index (χ0) is 12.8. The minimum atomic E-state index is 0.155. The number of carbonyl (C=O) groups excluding carboxylic acids is 1. The number of Topliss-reactive ketones (excluding diaryl/α,β-unsaturated/α-hetero) is 1. The molecule has 0 saturated carbocycles. The number of aromatic nitrogens is 1. The Morgan fingerprint density at radius 2 is 2.22 bits per heavy atom. The molecular formula is C15H17NO2. The molecular weight excluding hydrogens is 226 g/mol. The average molecular weight is 243 g/mol. The van der Waals surface area contributed by atoms with Crippen molar-refractivity contribution in [1.82, 2.24) is 4.98 Å². The maximum atomic E-state index is 12.0. The third kappa shape index (κ3) is 3.14. The highest BCUT2D eigenvalue weighted by atomic mass is 16.5. The van der Waals surface area contributed by atoms with Gasteiger partial charge in [-0.1, -0.05) is 18.2 Å². The van der Waals surface area contributed by atoms with Gasteiger partial charge in [0.1, 0.15) is 0 Å². The van der Waals surface area contributed by atoms with Crippen LogP contribution in [0, 0.1) is 0 Å². The number of ketones is 1. The van der Waals surface area contributed by atoms with Gasteiger partial charge in [-0.3, -0.25) is 9.78 Å². The second-order valence-corrected chi connectivity index (χ2v) is 4.13. The maximum absolute atomic E-state index is 12.0. The van der Waals surface area contributed by atoms with Crippen molar-refractivity contribution in [3.05, 3.63) is 42.1 Å². The Balaban J connectivity index is 2.04. The Labute approximate surface area is 107 Å². The van der Waals surface area contributed by atoms with Crippen LogP contribution in [0.25, 0.3) is 10.9 Å². The molecule has 0 amide bonds. The van der Waals surface area contributed by atoms with Gasteiger partial charge in [0.15, 0.2) is 5.78 Å². The molecule has 0 spiro atoms. The lowest BCUT2D eigenvalue weighted by Crippen LogP contribution is -2.02. The molecule has 18 heavy (non-hydrogen) atoms. The maximum Gasteiger partial charge on any atom is 0.163 e. The molecule has 1 aromatic carbocycles. The number of fused-ring (bicyclic) bond motifs is 1. The zero-order valence-corrected chi connectivity index (χ0v) is 10.6. The van der Waals surface area contributed by atoms with Crippen molar-refractivity contribution >= 4 is 16.7 Å². The lowest BCUT2D eigenvalue weighted by Gasteiger charge is -2.03. The molecule has 0 saturated heterocycles. The summed E-state index contributed by atoms with van der Waals surface area (Å²) < 4.78 is 5.23. The van der Waals surface area contributed by atoms with Crippen LogP contribution in [-0.4, -0.2) is 24.0 Å². The van der Waals surface area contributed by atoms with Gasteiger partial charge in [-0.15, -0.1) is 0 Å². The van der Waals surface area contributed by atoms with E-state index < -0.39 is 0 Å². The summed E-state index contributed by atoms with van der Waals surface area (Å²) in [5, 5.41) is 1.06. The number of hydrogen-bond donors (Lipinski definition) is 0. The Kier molecular flexibility index (Phi) is 4.42. The van der Waals surface area contributed by atoms with E-state index in [1.165, 1.54) is 0 Å². The van der Waals surface area contributed by atoms with Crippen molar-refractivity contribution < 1.29 is 9.53 Å². The van der Waals surface area contributed by atoms with Crippen LogP contribution in [0.3, 0.4) is 0 Å². The van der Waals surface area contributed by atoms with E-state index >= 15 is 0 Å². The lowest BCUT2D eigenvalue weighted by molar-refractivity contribution is 0.0947. The summed E-state index contributed by atoms with van der Waals surface area (Å²) >= 11 is 0. The Morgan fingerprint density at radius 3 is 3.06 bits per heavy atom. The molecule has 3 heteroatoms. The lowest BCUT2D eigenvalue weighted by atomic mass is 10.0. The average Bonchev–Trinajstić information content (AvgIpc) is 2.43. The summed E-state index contributed by atoms with van der Waals surface area (Å²) in [7, 11) is 0. The fourth-order valence-corrected chi connectivity index (χ4v) is 1.86. The Morgan fingerprint density at radius 1 is 1.33 bits per heavy atom. The van der Waals surface area contributed by atoms with Gasteiger partial charge >= 0.3 is 0 Å². The molecule has 0 N–H and O–H groups in total. The predicted octanol–water partition coefficient (Wildman–Crippen LogP) is 3.23. The van der Waals surface area contributed by atoms with Crippen LogP contribution < -0.4 is 0 Å². The van der Waals surface area contributed by atoms with Gasteiger partial charge in [0.05, 0.1) is 5.52 Å². The first-order chi connectivity index (χ1) is 8.81. The number of nitrogens with zero attached hydrogens (tertiary/aromatic N) is 1. The van der Waals surface area contributed by atoms with E-state index in [2.05, 4.69) is 4.98 Å². The SMILES string of the molecule is CCOCCCC(=O)c1ccc2cccnc2c1. The third-order valence-electron chi connectivity index (χ3n) is 2.82. The van der Waals surface area contributed by atoms with Gasteiger partial charge in [0.2, 0.25) is 0 Å². The van der Waals surface area contributed by atoms with Crippen LogP contribution in [0.4, 0.5) is 0 Å². The Bertz CT molecular complexity index is 537. The van der Waals surface area contributed by atoms with Crippen molar-refractivity contribution in [3.63, 3.8) is 0 Å². The van der Waals surface area contributed by atoms with Crippen molar-refractivity contribution in [2.24, 2.45) is 0 Å². The first kappa shape index (κ1) is 12.7. The van der Waals surface area contributed by atoms with Gasteiger partial charge in [-0.05, 0) is 25.5 Å². The van der Waals surface area contributed by atoms with Gasteiger partial charge in [0, 0.05) is 36.8 Å². The van der Waals surface area contributed by atoms with E-state index in [0.29, 0.717) is 19.6 Å². The summed E-state index contributed by atoms with van der Waals surface area (Å²) in [5.74, 6) is 0.155. The van der Waals surface area contributed by atoms with Crippen molar-refractivity contribution in [2.45, 2.75) is 19.8 Å². The molecule has 0 aliphatic carbocycles. The van der Waals surface area contributed by atoms with Crippen LogP contribution >= 0.6 is 0 Å². The summed E-state index contributed by atoms with van der Waals surface area (Å²) in [6, 6.07) is 9.56. The van der Waals surface area contributed by atoms with Crippen LogP contribution in [0.2, 0.25) is 0 Å². The highest BCUT2D eigenvalue weighted by Gasteiger charge is 2.06. The quantitative estimate of drug-likeness (QED) is 0.577.